The zero-order valence-corrected chi connectivity index (χ0v) is 17.9. The molecule has 0 atom stereocenters. The molecule has 0 aliphatic carbocycles. The van der Waals surface area contributed by atoms with Gasteiger partial charge < -0.3 is 14.8 Å². The van der Waals surface area contributed by atoms with E-state index < -0.39 is 0 Å². The Balaban J connectivity index is 1.66. The lowest BCUT2D eigenvalue weighted by Crippen LogP contribution is -2.14. The Morgan fingerprint density at radius 1 is 1.14 bits per heavy atom. The van der Waals surface area contributed by atoms with Crippen molar-refractivity contribution in [2.45, 2.75) is 5.16 Å². The van der Waals surface area contributed by atoms with Crippen molar-refractivity contribution in [3.8, 4) is 11.4 Å². The first kappa shape index (κ1) is 20.5. The van der Waals surface area contributed by atoms with Crippen LogP contribution >= 0.6 is 35.0 Å². The van der Waals surface area contributed by atoms with Crippen molar-refractivity contribution in [2.24, 2.45) is 7.05 Å². The Kier molecular flexibility index (Phi) is 6.49. The van der Waals surface area contributed by atoms with Gasteiger partial charge in [0.15, 0.2) is 11.0 Å². The number of aromatic nitrogens is 3. The SMILES string of the molecule is CN(C)c1cccc(-c2nnc(SCC(=O)Nc3ccc(Cl)c(Cl)c3)n2C)c1. The monoisotopic (exact) mass is 435 g/mol. The highest BCUT2D eigenvalue weighted by Gasteiger charge is 2.14. The van der Waals surface area contributed by atoms with Gasteiger partial charge in [0.2, 0.25) is 5.91 Å². The van der Waals surface area contributed by atoms with Crippen LogP contribution in [0.25, 0.3) is 11.4 Å². The molecule has 0 radical (unpaired) electrons. The Morgan fingerprint density at radius 3 is 2.64 bits per heavy atom. The predicted molar refractivity (Wildman–Crippen MR) is 117 cm³/mol. The minimum absolute atomic E-state index is 0.164. The summed E-state index contributed by atoms with van der Waals surface area (Å²) in [5, 5.41) is 12.8. The van der Waals surface area contributed by atoms with Crippen LogP contribution in [0.3, 0.4) is 0 Å². The summed E-state index contributed by atoms with van der Waals surface area (Å²) in [6.45, 7) is 0. The Labute approximate surface area is 177 Å². The van der Waals surface area contributed by atoms with Crippen LogP contribution in [0.5, 0.6) is 0 Å². The van der Waals surface area contributed by atoms with Gasteiger partial charge in [0.1, 0.15) is 0 Å². The number of halogens is 2. The van der Waals surface area contributed by atoms with Crippen LogP contribution in [-0.2, 0) is 11.8 Å². The van der Waals surface area contributed by atoms with E-state index >= 15 is 0 Å². The smallest absolute Gasteiger partial charge is 0.234 e. The van der Waals surface area contributed by atoms with Gasteiger partial charge in [-0.05, 0) is 30.3 Å². The molecule has 0 saturated carbocycles. The number of nitrogens with one attached hydrogen (secondary N) is 1. The van der Waals surface area contributed by atoms with Crippen molar-refractivity contribution in [3.63, 3.8) is 0 Å². The maximum atomic E-state index is 12.2. The van der Waals surface area contributed by atoms with Crippen LogP contribution in [-0.4, -0.2) is 40.5 Å². The van der Waals surface area contributed by atoms with Crippen LogP contribution in [0.4, 0.5) is 11.4 Å². The molecule has 1 amide bonds. The molecule has 146 valence electrons. The third-order valence-electron chi connectivity index (χ3n) is 3.99. The molecule has 0 spiro atoms. The molecule has 28 heavy (non-hydrogen) atoms. The van der Waals surface area contributed by atoms with Crippen molar-refractivity contribution in [1.29, 1.82) is 0 Å². The molecule has 0 unspecified atom stereocenters. The summed E-state index contributed by atoms with van der Waals surface area (Å²) >= 11 is 13.2. The van der Waals surface area contributed by atoms with Crippen molar-refractivity contribution in [2.75, 3.05) is 30.1 Å². The first-order valence-corrected chi connectivity index (χ1v) is 10.1. The molecular formula is C19H19Cl2N5OS. The van der Waals surface area contributed by atoms with E-state index in [1.807, 2.05) is 48.8 Å². The number of anilines is 2. The van der Waals surface area contributed by atoms with Crippen LogP contribution in [0.1, 0.15) is 0 Å². The maximum Gasteiger partial charge on any atom is 0.234 e. The molecular weight excluding hydrogens is 417 g/mol. The number of carbonyl (C=O) groups is 1. The summed E-state index contributed by atoms with van der Waals surface area (Å²) < 4.78 is 1.88. The fraction of sp³-hybridized carbons (Fsp3) is 0.211. The number of nitrogens with zero attached hydrogens (tertiary/aromatic N) is 4. The summed E-state index contributed by atoms with van der Waals surface area (Å²) in [6.07, 6.45) is 0. The van der Waals surface area contributed by atoms with Crippen LogP contribution in [0.2, 0.25) is 10.0 Å². The van der Waals surface area contributed by atoms with E-state index in [0.717, 1.165) is 17.1 Å². The highest BCUT2D eigenvalue weighted by Crippen LogP contribution is 2.27. The molecule has 1 N–H and O–H groups in total. The van der Waals surface area contributed by atoms with Gasteiger partial charge in [-0.3, -0.25) is 4.79 Å². The second kappa shape index (κ2) is 8.86. The average Bonchev–Trinajstić information content (AvgIpc) is 3.03. The van der Waals surface area contributed by atoms with Gasteiger partial charge in [0.05, 0.1) is 15.8 Å². The quantitative estimate of drug-likeness (QED) is 0.573. The van der Waals surface area contributed by atoms with Crippen molar-refractivity contribution in [1.82, 2.24) is 14.8 Å². The molecule has 3 rings (SSSR count). The summed E-state index contributed by atoms with van der Waals surface area (Å²) in [6, 6.07) is 13.0. The summed E-state index contributed by atoms with van der Waals surface area (Å²) in [7, 11) is 5.87. The third-order valence-corrected chi connectivity index (χ3v) is 5.75. The number of amides is 1. The molecule has 6 nitrogen and oxygen atoms in total. The molecule has 0 aliphatic heterocycles. The standard InChI is InChI=1S/C19H19Cl2N5OS/c1-25(2)14-6-4-5-12(9-14)18-23-24-19(26(18)3)28-11-17(27)22-13-7-8-15(20)16(21)10-13/h4-10H,11H2,1-3H3,(H,22,27). The van der Waals surface area contributed by atoms with Gasteiger partial charge in [-0.2, -0.15) is 0 Å². The lowest BCUT2D eigenvalue weighted by atomic mass is 10.2. The minimum atomic E-state index is -0.164. The first-order valence-electron chi connectivity index (χ1n) is 8.40. The molecule has 0 aliphatic rings. The normalized spacial score (nSPS) is 10.8. The molecule has 2 aromatic carbocycles. The number of carbonyl (C=O) groups excluding carboxylic acids is 1. The number of rotatable bonds is 6. The number of benzene rings is 2. The van der Waals surface area contributed by atoms with E-state index in [1.54, 1.807) is 18.2 Å². The Hall–Kier alpha value is -2.22. The fourth-order valence-electron chi connectivity index (χ4n) is 2.52. The summed E-state index contributed by atoms with van der Waals surface area (Å²) in [5.41, 5.74) is 2.64. The maximum absolute atomic E-state index is 12.2. The van der Waals surface area contributed by atoms with Gasteiger partial charge in [-0.1, -0.05) is 47.1 Å². The van der Waals surface area contributed by atoms with Gasteiger partial charge in [-0.25, -0.2) is 0 Å². The molecule has 1 heterocycles. The summed E-state index contributed by atoms with van der Waals surface area (Å²) in [5.74, 6) is 0.780. The Bertz CT molecular complexity index is 1010. The summed E-state index contributed by atoms with van der Waals surface area (Å²) in [4.78, 5) is 14.2. The lowest BCUT2D eigenvalue weighted by molar-refractivity contribution is -0.113. The largest absolute Gasteiger partial charge is 0.378 e. The van der Waals surface area contributed by atoms with E-state index in [-0.39, 0.29) is 11.7 Å². The van der Waals surface area contributed by atoms with Crippen molar-refractivity contribution < 1.29 is 4.79 Å². The van der Waals surface area contributed by atoms with E-state index in [9.17, 15) is 4.79 Å². The molecule has 0 fully saturated rings. The molecule has 9 heteroatoms. The van der Waals surface area contributed by atoms with Crippen LogP contribution in [0.15, 0.2) is 47.6 Å². The van der Waals surface area contributed by atoms with Crippen LogP contribution < -0.4 is 10.2 Å². The molecule has 0 saturated heterocycles. The average molecular weight is 436 g/mol. The number of hydrogen-bond donors (Lipinski definition) is 1. The molecule has 3 aromatic rings. The number of thioether (sulfide) groups is 1. The second-order valence-electron chi connectivity index (χ2n) is 6.28. The topological polar surface area (TPSA) is 63.1 Å². The van der Waals surface area contributed by atoms with Gasteiger partial charge >= 0.3 is 0 Å². The van der Waals surface area contributed by atoms with E-state index in [2.05, 4.69) is 21.6 Å². The van der Waals surface area contributed by atoms with Crippen molar-refractivity contribution in [3.05, 3.63) is 52.5 Å². The van der Waals surface area contributed by atoms with Gasteiger partial charge in [0.25, 0.3) is 0 Å². The highest BCUT2D eigenvalue weighted by molar-refractivity contribution is 7.99. The number of hydrogen-bond acceptors (Lipinski definition) is 5. The zero-order chi connectivity index (χ0) is 20.3. The van der Waals surface area contributed by atoms with E-state index in [0.29, 0.717) is 20.9 Å². The van der Waals surface area contributed by atoms with E-state index in [1.165, 1.54) is 11.8 Å². The zero-order valence-electron chi connectivity index (χ0n) is 15.6. The minimum Gasteiger partial charge on any atom is -0.378 e. The van der Waals surface area contributed by atoms with Crippen LogP contribution in [0, 0.1) is 0 Å². The lowest BCUT2D eigenvalue weighted by Gasteiger charge is -2.13. The third kappa shape index (κ3) is 4.79. The second-order valence-corrected chi connectivity index (χ2v) is 8.03. The Morgan fingerprint density at radius 2 is 1.93 bits per heavy atom. The van der Waals surface area contributed by atoms with Gasteiger partial charge in [-0.15, -0.1) is 10.2 Å². The predicted octanol–water partition coefficient (Wildman–Crippen LogP) is 4.59. The van der Waals surface area contributed by atoms with Crippen molar-refractivity contribution >= 4 is 52.2 Å². The fourth-order valence-corrected chi connectivity index (χ4v) is 3.53. The highest BCUT2D eigenvalue weighted by atomic mass is 35.5. The molecule has 0 bridgehead atoms. The van der Waals surface area contributed by atoms with Gasteiger partial charge in [0, 0.05) is 38.1 Å². The van der Waals surface area contributed by atoms with E-state index in [4.69, 9.17) is 23.2 Å². The first-order chi connectivity index (χ1) is 13.3. The molecule has 1 aromatic heterocycles.